The number of benzene rings is 2. The molecular weight excluding hydrogens is 338 g/mol. The van der Waals surface area contributed by atoms with E-state index in [-0.39, 0.29) is 5.91 Å². The monoisotopic (exact) mass is 365 g/mol. The molecule has 5 nitrogen and oxygen atoms in total. The van der Waals surface area contributed by atoms with E-state index in [1.54, 1.807) is 0 Å². The Morgan fingerprint density at radius 1 is 1.15 bits per heavy atom. The van der Waals surface area contributed by atoms with Crippen LogP contribution in [-0.4, -0.2) is 50.7 Å². The highest BCUT2D eigenvalue weighted by molar-refractivity contribution is 5.92. The Hall–Kier alpha value is -2.37. The van der Waals surface area contributed by atoms with Crippen molar-refractivity contribution in [2.45, 2.75) is 18.9 Å². The lowest BCUT2D eigenvalue weighted by atomic mass is 10.1. The van der Waals surface area contributed by atoms with Crippen LogP contribution in [0, 0.1) is 0 Å². The lowest BCUT2D eigenvalue weighted by molar-refractivity contribution is -0.117. The van der Waals surface area contributed by atoms with E-state index in [1.807, 2.05) is 19.2 Å². The summed E-state index contributed by atoms with van der Waals surface area (Å²) in [6.45, 7) is 3.77. The molecule has 0 unspecified atom stereocenters. The van der Waals surface area contributed by atoms with Crippen LogP contribution in [0.15, 0.2) is 48.5 Å². The third-order valence-corrected chi connectivity index (χ3v) is 5.55. The second kappa shape index (κ2) is 8.11. The molecule has 0 radical (unpaired) electrons. The van der Waals surface area contributed by atoms with Crippen LogP contribution in [0.3, 0.4) is 0 Å². The largest absolute Gasteiger partial charge is 0.378 e. The molecule has 1 N–H and O–H groups in total. The molecule has 5 heteroatoms. The topological polar surface area (TPSA) is 44.8 Å². The molecule has 1 saturated heterocycles. The molecule has 142 valence electrons. The lowest BCUT2D eigenvalue weighted by Crippen LogP contribution is -2.36. The smallest absolute Gasteiger partial charge is 0.238 e. The highest BCUT2D eigenvalue weighted by atomic mass is 16.5. The molecule has 0 saturated carbocycles. The number of anilines is 2. The molecule has 1 amide bonds. The molecule has 1 fully saturated rings. The van der Waals surface area contributed by atoms with E-state index >= 15 is 0 Å². The Morgan fingerprint density at radius 3 is 2.67 bits per heavy atom. The maximum atomic E-state index is 12.5. The fraction of sp³-hybridized carbons (Fsp3) is 0.409. The number of amides is 1. The van der Waals surface area contributed by atoms with Gasteiger partial charge in [-0.25, -0.2) is 0 Å². The SMILES string of the molecule is CN(CC(=O)Nc1ccc(N2CCOCC2)cc1)[C@@H]1CCc2ccccc21. The second-order valence-electron chi connectivity index (χ2n) is 7.36. The van der Waals surface area contributed by atoms with Crippen molar-refractivity contribution in [3.8, 4) is 0 Å². The molecule has 0 aromatic heterocycles. The summed E-state index contributed by atoms with van der Waals surface area (Å²) in [7, 11) is 2.04. The van der Waals surface area contributed by atoms with E-state index in [0.717, 1.165) is 44.8 Å². The van der Waals surface area contributed by atoms with Crippen LogP contribution in [0.25, 0.3) is 0 Å². The first kappa shape index (κ1) is 18.0. The van der Waals surface area contributed by atoms with Crippen molar-refractivity contribution in [2.75, 3.05) is 50.1 Å². The number of likely N-dealkylation sites (N-methyl/N-ethyl adjacent to an activating group) is 1. The third-order valence-electron chi connectivity index (χ3n) is 5.55. The van der Waals surface area contributed by atoms with Gasteiger partial charge in [0.2, 0.25) is 5.91 Å². The molecule has 1 aliphatic carbocycles. The maximum Gasteiger partial charge on any atom is 0.238 e. The molecule has 0 bridgehead atoms. The fourth-order valence-electron chi connectivity index (χ4n) is 4.11. The summed E-state index contributed by atoms with van der Waals surface area (Å²) in [6, 6.07) is 17.0. The number of nitrogens with one attached hydrogen (secondary N) is 1. The third kappa shape index (κ3) is 4.15. The summed E-state index contributed by atoms with van der Waals surface area (Å²) in [4.78, 5) is 17.0. The first-order chi connectivity index (χ1) is 13.2. The number of carbonyl (C=O) groups excluding carboxylic acids is 1. The van der Waals surface area contributed by atoms with Gasteiger partial charge in [-0.2, -0.15) is 0 Å². The fourth-order valence-corrected chi connectivity index (χ4v) is 4.11. The molecule has 2 aromatic rings. The van der Waals surface area contributed by atoms with E-state index in [9.17, 15) is 4.79 Å². The van der Waals surface area contributed by atoms with Gasteiger partial charge in [-0.1, -0.05) is 24.3 Å². The number of morpholine rings is 1. The highest BCUT2D eigenvalue weighted by Gasteiger charge is 2.26. The minimum absolute atomic E-state index is 0.0287. The van der Waals surface area contributed by atoms with Crippen molar-refractivity contribution in [3.05, 3.63) is 59.7 Å². The minimum Gasteiger partial charge on any atom is -0.378 e. The Labute approximate surface area is 160 Å². The second-order valence-corrected chi connectivity index (χ2v) is 7.36. The zero-order valence-corrected chi connectivity index (χ0v) is 15.9. The summed E-state index contributed by atoms with van der Waals surface area (Å²) in [6.07, 6.45) is 2.17. The van der Waals surface area contributed by atoms with Crippen LogP contribution in [0.2, 0.25) is 0 Å². The normalized spacial score (nSPS) is 19.2. The Kier molecular flexibility index (Phi) is 5.41. The Bertz CT molecular complexity index is 784. The zero-order valence-electron chi connectivity index (χ0n) is 15.9. The van der Waals surface area contributed by atoms with Crippen molar-refractivity contribution in [2.24, 2.45) is 0 Å². The van der Waals surface area contributed by atoms with Crippen molar-refractivity contribution < 1.29 is 9.53 Å². The number of hydrogen-bond donors (Lipinski definition) is 1. The zero-order chi connectivity index (χ0) is 18.6. The van der Waals surface area contributed by atoms with E-state index in [4.69, 9.17) is 4.74 Å². The summed E-state index contributed by atoms with van der Waals surface area (Å²) < 4.78 is 5.40. The molecule has 1 atom stereocenters. The van der Waals surface area contributed by atoms with Crippen molar-refractivity contribution in [1.82, 2.24) is 4.90 Å². The Morgan fingerprint density at radius 2 is 1.89 bits per heavy atom. The molecular formula is C22H27N3O2. The van der Waals surface area contributed by atoms with Crippen molar-refractivity contribution in [1.29, 1.82) is 0 Å². The van der Waals surface area contributed by atoms with Gasteiger partial charge < -0.3 is 15.0 Å². The molecule has 1 heterocycles. The number of ether oxygens (including phenoxy) is 1. The summed E-state index contributed by atoms with van der Waals surface area (Å²) >= 11 is 0. The molecule has 27 heavy (non-hydrogen) atoms. The van der Waals surface area contributed by atoms with Gasteiger partial charge in [-0.05, 0) is 55.3 Å². The maximum absolute atomic E-state index is 12.5. The lowest BCUT2D eigenvalue weighted by Gasteiger charge is -2.29. The van der Waals surface area contributed by atoms with Gasteiger partial charge in [-0.15, -0.1) is 0 Å². The summed E-state index contributed by atoms with van der Waals surface area (Å²) in [5.74, 6) is 0.0287. The van der Waals surface area contributed by atoms with Gasteiger partial charge in [0, 0.05) is 30.5 Å². The van der Waals surface area contributed by atoms with Gasteiger partial charge in [0.15, 0.2) is 0 Å². The predicted molar refractivity (Wildman–Crippen MR) is 108 cm³/mol. The van der Waals surface area contributed by atoms with Crippen LogP contribution >= 0.6 is 0 Å². The number of fused-ring (bicyclic) bond motifs is 1. The van der Waals surface area contributed by atoms with Crippen LogP contribution in [0.4, 0.5) is 11.4 Å². The summed E-state index contributed by atoms with van der Waals surface area (Å²) in [5.41, 5.74) is 4.80. The number of nitrogens with zero attached hydrogens (tertiary/aromatic N) is 2. The molecule has 4 rings (SSSR count). The molecule has 0 spiro atoms. The minimum atomic E-state index is 0.0287. The quantitative estimate of drug-likeness (QED) is 0.884. The standard InChI is InChI=1S/C22H27N3O2/c1-24(21-11-6-17-4-2-3-5-20(17)21)16-22(26)23-18-7-9-19(10-8-18)25-12-14-27-15-13-25/h2-5,7-10,21H,6,11-16H2,1H3,(H,23,26)/t21-/m1/s1. The molecule has 2 aliphatic rings. The number of aryl methyl sites for hydroxylation is 1. The van der Waals surface area contributed by atoms with E-state index in [2.05, 4.69) is 51.5 Å². The van der Waals surface area contributed by atoms with E-state index in [1.165, 1.54) is 16.8 Å². The van der Waals surface area contributed by atoms with Crippen LogP contribution in [-0.2, 0) is 16.0 Å². The van der Waals surface area contributed by atoms with E-state index < -0.39 is 0 Å². The first-order valence-electron chi connectivity index (χ1n) is 9.71. The molecule has 2 aromatic carbocycles. The van der Waals surface area contributed by atoms with Gasteiger partial charge >= 0.3 is 0 Å². The first-order valence-corrected chi connectivity index (χ1v) is 9.71. The van der Waals surface area contributed by atoms with Gasteiger partial charge in [0.25, 0.3) is 0 Å². The van der Waals surface area contributed by atoms with Crippen molar-refractivity contribution >= 4 is 17.3 Å². The Balaban J connectivity index is 1.33. The number of carbonyl (C=O) groups is 1. The average Bonchev–Trinajstić information content (AvgIpc) is 3.13. The highest BCUT2D eigenvalue weighted by Crippen LogP contribution is 2.34. The number of hydrogen-bond acceptors (Lipinski definition) is 4. The van der Waals surface area contributed by atoms with Crippen LogP contribution in [0.1, 0.15) is 23.6 Å². The van der Waals surface area contributed by atoms with Crippen LogP contribution < -0.4 is 10.2 Å². The van der Waals surface area contributed by atoms with Gasteiger partial charge in [0.1, 0.15) is 0 Å². The summed E-state index contributed by atoms with van der Waals surface area (Å²) in [5, 5.41) is 3.03. The molecule has 1 aliphatic heterocycles. The number of rotatable bonds is 5. The van der Waals surface area contributed by atoms with Gasteiger partial charge in [-0.3, -0.25) is 9.69 Å². The van der Waals surface area contributed by atoms with Gasteiger partial charge in [0.05, 0.1) is 19.8 Å². The predicted octanol–water partition coefficient (Wildman–Crippen LogP) is 3.08. The van der Waals surface area contributed by atoms with E-state index in [0.29, 0.717) is 12.6 Å². The van der Waals surface area contributed by atoms with Crippen LogP contribution in [0.5, 0.6) is 0 Å². The average molecular weight is 365 g/mol. The van der Waals surface area contributed by atoms with Crippen molar-refractivity contribution in [3.63, 3.8) is 0 Å².